The molecule has 0 bridgehead atoms. The number of aryl methyl sites for hydroxylation is 2. The van der Waals surface area contributed by atoms with Gasteiger partial charge in [0.15, 0.2) is 5.52 Å². The molecule has 2 aromatic heterocycles. The van der Waals surface area contributed by atoms with E-state index in [0.29, 0.717) is 17.2 Å². The smallest absolute Gasteiger partial charge is 0.416 e. The zero-order valence-electron chi connectivity index (χ0n) is 16.9. The van der Waals surface area contributed by atoms with Crippen LogP contribution >= 0.6 is 21.6 Å². The van der Waals surface area contributed by atoms with Crippen molar-refractivity contribution in [3.8, 4) is 5.95 Å². The number of benzene rings is 1. The molecule has 0 radical (unpaired) electrons. The Labute approximate surface area is 188 Å². The lowest BCUT2D eigenvalue weighted by Crippen LogP contribution is -2.38. The molecule has 1 atom stereocenters. The van der Waals surface area contributed by atoms with Crippen LogP contribution in [0.4, 0.5) is 13.2 Å². The van der Waals surface area contributed by atoms with Crippen LogP contribution < -0.4 is 4.57 Å². The van der Waals surface area contributed by atoms with Crippen molar-refractivity contribution in [2.24, 2.45) is 0 Å². The number of nitrogens with one attached hydrogen (secondary N) is 1. The predicted octanol–water partition coefficient (Wildman–Crippen LogP) is 4.28. The average molecular weight is 487 g/mol. The van der Waals surface area contributed by atoms with Crippen molar-refractivity contribution in [2.45, 2.75) is 37.4 Å². The molecule has 2 heterocycles. The number of hydrogen-bond donors (Lipinski definition) is 3. The monoisotopic (exact) mass is 486 g/mol. The maximum atomic E-state index is 13.0. The van der Waals surface area contributed by atoms with Crippen LogP contribution in [-0.4, -0.2) is 37.4 Å². The van der Waals surface area contributed by atoms with Gasteiger partial charge < -0.3 is 10.2 Å². The highest BCUT2D eigenvalue weighted by molar-refractivity contribution is 8.76. The van der Waals surface area contributed by atoms with E-state index in [1.807, 2.05) is 19.9 Å². The van der Waals surface area contributed by atoms with E-state index in [4.69, 9.17) is 5.11 Å². The van der Waals surface area contributed by atoms with Crippen LogP contribution in [0.1, 0.15) is 28.8 Å². The number of aromatic amines is 1. The van der Waals surface area contributed by atoms with Gasteiger partial charge in [0.1, 0.15) is 10.8 Å². The van der Waals surface area contributed by atoms with Crippen LogP contribution in [-0.2, 0) is 21.5 Å². The summed E-state index contributed by atoms with van der Waals surface area (Å²) < 4.78 is 40.8. The Hall–Kier alpha value is -2.73. The third kappa shape index (κ3) is 5.54. The number of carboxylic acid groups (broad SMARTS) is 2. The maximum Gasteiger partial charge on any atom is 0.416 e. The number of imidazole rings is 1. The summed E-state index contributed by atoms with van der Waals surface area (Å²) >= 11 is 0. The van der Waals surface area contributed by atoms with Gasteiger partial charge in [0.2, 0.25) is 0 Å². The highest BCUT2D eigenvalue weighted by Crippen LogP contribution is 2.33. The number of nitrogens with zero attached hydrogens (tertiary/aromatic N) is 2. The summed E-state index contributed by atoms with van der Waals surface area (Å²) in [5, 5.41) is 17.0. The van der Waals surface area contributed by atoms with Crippen molar-refractivity contribution in [1.29, 1.82) is 0 Å². The molecule has 32 heavy (non-hydrogen) atoms. The first-order chi connectivity index (χ1) is 15.0. The van der Waals surface area contributed by atoms with Crippen molar-refractivity contribution in [3.63, 3.8) is 0 Å². The molecule has 0 spiro atoms. The van der Waals surface area contributed by atoms with E-state index in [1.165, 1.54) is 16.9 Å². The van der Waals surface area contributed by atoms with Gasteiger partial charge in [-0.25, -0.2) is 9.55 Å². The summed E-state index contributed by atoms with van der Waals surface area (Å²) in [6.45, 7) is 3.73. The molecule has 1 aromatic carbocycles. The minimum Gasteiger partial charge on any atom is -0.481 e. The summed E-state index contributed by atoms with van der Waals surface area (Å²) in [6, 6.07) is 5.20. The Kier molecular flexibility index (Phi) is 7.03. The van der Waals surface area contributed by atoms with Gasteiger partial charge in [-0.3, -0.25) is 9.59 Å². The molecule has 0 amide bonds. The summed E-state index contributed by atoms with van der Waals surface area (Å²) in [6.07, 6.45) is -3.20. The predicted molar refractivity (Wildman–Crippen MR) is 115 cm³/mol. The van der Waals surface area contributed by atoms with Crippen molar-refractivity contribution in [2.75, 3.05) is 0 Å². The normalized spacial score (nSPS) is 12.8. The lowest BCUT2D eigenvalue weighted by Gasteiger charge is -2.12. The number of carboxylic acids is 2. The van der Waals surface area contributed by atoms with E-state index in [9.17, 15) is 27.9 Å². The van der Waals surface area contributed by atoms with Crippen LogP contribution in [0.25, 0.3) is 17.0 Å². The molecule has 0 saturated carbocycles. The van der Waals surface area contributed by atoms with E-state index >= 15 is 0 Å². The first-order valence-electron chi connectivity index (χ1n) is 9.27. The molecule has 0 aliphatic carbocycles. The number of hydrogen-bond acceptors (Lipinski definition) is 5. The molecular weight excluding hydrogens is 467 g/mol. The van der Waals surface area contributed by atoms with Gasteiger partial charge in [0, 0.05) is 0 Å². The SMILES string of the molecule is Cc1cc(C)c(CSSC(CC(=O)O)C(=O)O)[n+](-c2nc3ccc(C(F)(F)F)cc3[nH]2)c1. The number of alkyl halides is 3. The Morgan fingerprint density at radius 2 is 1.94 bits per heavy atom. The third-order valence-electron chi connectivity index (χ3n) is 4.56. The van der Waals surface area contributed by atoms with Gasteiger partial charge in [0.25, 0.3) is 0 Å². The number of rotatable bonds is 8. The maximum absolute atomic E-state index is 13.0. The minimum absolute atomic E-state index is 0.238. The zero-order valence-corrected chi connectivity index (χ0v) is 18.6. The molecule has 0 aliphatic heterocycles. The molecule has 12 heteroatoms. The number of aliphatic carboxylic acids is 2. The largest absolute Gasteiger partial charge is 0.481 e. The fourth-order valence-electron chi connectivity index (χ4n) is 3.09. The Morgan fingerprint density at radius 3 is 2.56 bits per heavy atom. The van der Waals surface area contributed by atoms with Gasteiger partial charge in [-0.05, 0) is 43.2 Å². The molecule has 3 aromatic rings. The Balaban J connectivity index is 1.92. The molecule has 0 saturated heterocycles. The fraction of sp³-hybridized carbons (Fsp3) is 0.300. The summed E-state index contributed by atoms with van der Waals surface area (Å²) in [4.78, 5) is 29.5. The lowest BCUT2D eigenvalue weighted by molar-refractivity contribution is -0.611. The van der Waals surface area contributed by atoms with Crippen LogP contribution in [0.3, 0.4) is 0 Å². The molecule has 1 unspecified atom stereocenters. The van der Waals surface area contributed by atoms with Crippen LogP contribution in [0.2, 0.25) is 0 Å². The van der Waals surface area contributed by atoms with Gasteiger partial charge in [-0.2, -0.15) is 13.2 Å². The number of carbonyl (C=O) groups is 2. The van der Waals surface area contributed by atoms with E-state index in [-0.39, 0.29) is 5.52 Å². The molecule has 0 aliphatic rings. The number of H-pyrrole nitrogens is 1. The van der Waals surface area contributed by atoms with Crippen molar-refractivity contribution in [1.82, 2.24) is 9.97 Å². The van der Waals surface area contributed by atoms with E-state index in [0.717, 1.165) is 39.7 Å². The zero-order chi connectivity index (χ0) is 23.6. The van der Waals surface area contributed by atoms with Crippen molar-refractivity contribution in [3.05, 3.63) is 52.8 Å². The molecule has 7 nitrogen and oxygen atoms in total. The highest BCUT2D eigenvalue weighted by atomic mass is 33.1. The first-order valence-corrected chi connectivity index (χ1v) is 11.7. The summed E-state index contributed by atoms with van der Waals surface area (Å²) in [7, 11) is 2.13. The second-order valence-electron chi connectivity index (χ2n) is 7.09. The molecule has 3 rings (SSSR count). The fourth-order valence-corrected chi connectivity index (χ4v) is 5.57. The highest BCUT2D eigenvalue weighted by Gasteiger charge is 2.32. The van der Waals surface area contributed by atoms with Crippen LogP contribution in [0.15, 0.2) is 30.5 Å². The van der Waals surface area contributed by atoms with E-state index < -0.39 is 35.3 Å². The molecule has 170 valence electrons. The van der Waals surface area contributed by atoms with Gasteiger partial charge in [-0.15, -0.1) is 0 Å². The summed E-state index contributed by atoms with van der Waals surface area (Å²) in [5.41, 5.74) is 2.36. The third-order valence-corrected chi connectivity index (χ3v) is 7.15. The number of pyridine rings is 1. The van der Waals surface area contributed by atoms with Gasteiger partial charge >= 0.3 is 24.1 Å². The van der Waals surface area contributed by atoms with Crippen molar-refractivity contribution < 1.29 is 37.5 Å². The lowest BCUT2D eigenvalue weighted by atomic mass is 10.2. The molecular formula is C20H19F3N3O4S2+. The number of fused-ring (bicyclic) bond motifs is 1. The minimum atomic E-state index is -4.47. The number of aromatic nitrogens is 3. The molecule has 0 fully saturated rings. The topological polar surface area (TPSA) is 107 Å². The molecule has 3 N–H and O–H groups in total. The quantitative estimate of drug-likeness (QED) is 0.322. The van der Waals surface area contributed by atoms with Crippen molar-refractivity contribution >= 4 is 44.6 Å². The first kappa shape index (κ1) is 23.9. The Bertz CT molecular complexity index is 1180. The second-order valence-corrected chi connectivity index (χ2v) is 9.66. The van der Waals surface area contributed by atoms with Crippen LogP contribution in [0, 0.1) is 13.8 Å². The van der Waals surface area contributed by atoms with Gasteiger partial charge in [0.05, 0.1) is 29.6 Å². The van der Waals surface area contributed by atoms with Crippen LogP contribution in [0.5, 0.6) is 0 Å². The summed E-state index contributed by atoms with van der Waals surface area (Å²) in [5.74, 6) is -1.76. The number of halogens is 3. The van der Waals surface area contributed by atoms with E-state index in [2.05, 4.69) is 9.97 Å². The second kappa shape index (κ2) is 9.41. The van der Waals surface area contributed by atoms with E-state index in [1.54, 1.807) is 10.8 Å². The average Bonchev–Trinajstić information content (AvgIpc) is 3.10. The standard InChI is InChI=1S/C20H18F3N3O4S2/c1-10-5-11(2)15(9-31-32-16(18(29)30)7-17(27)28)26(8-10)19-24-13-4-3-12(20(21,22)23)6-14(13)25-19/h3-6,8,16H,7,9H2,1-2H3,(H2-,24,25,27,28,29,30)/p+1. The van der Waals surface area contributed by atoms with Gasteiger partial charge in [-0.1, -0.05) is 32.6 Å². The Morgan fingerprint density at radius 1 is 1.22 bits per heavy atom.